The maximum Gasteiger partial charge on any atom is 0.151 e. The highest BCUT2D eigenvalue weighted by molar-refractivity contribution is 7.91. The van der Waals surface area contributed by atoms with Gasteiger partial charge in [0, 0.05) is 18.3 Å². The second-order valence-corrected chi connectivity index (χ2v) is 6.92. The summed E-state index contributed by atoms with van der Waals surface area (Å²) in [5.41, 5.74) is 0. The fourth-order valence-corrected chi connectivity index (χ4v) is 2.88. The van der Waals surface area contributed by atoms with Crippen LogP contribution in [0.25, 0.3) is 0 Å². The monoisotopic (exact) mass is 251 g/mol. The average Bonchev–Trinajstić information content (AvgIpc) is 2.15. The van der Waals surface area contributed by atoms with Crippen molar-refractivity contribution in [3.05, 3.63) is 0 Å². The van der Waals surface area contributed by atoms with Gasteiger partial charge in [0.1, 0.15) is 0 Å². The fraction of sp³-hybridized carbons (Fsp3) is 1.00. The predicted octanol–water partition coefficient (Wildman–Crippen LogP) is 0.808. The van der Waals surface area contributed by atoms with E-state index in [9.17, 15) is 8.42 Å². The minimum atomic E-state index is -2.91. The number of hydrogen-bond donors (Lipinski definition) is 2. The van der Waals surface area contributed by atoms with Crippen LogP contribution in [0.1, 0.15) is 33.6 Å². The van der Waals surface area contributed by atoms with Crippen molar-refractivity contribution in [3.63, 3.8) is 0 Å². The largest absolute Gasteiger partial charge is 0.395 e. The number of nitrogens with one attached hydrogen (secondary N) is 1. The molecule has 0 aromatic rings. The van der Waals surface area contributed by atoms with E-state index >= 15 is 0 Å². The Labute approximate surface area is 99.4 Å². The maximum atomic E-state index is 11.4. The molecule has 0 radical (unpaired) electrons. The average molecular weight is 251 g/mol. The summed E-state index contributed by atoms with van der Waals surface area (Å²) >= 11 is 0. The minimum absolute atomic E-state index is 0.0110. The molecular weight excluding hydrogens is 226 g/mol. The van der Waals surface area contributed by atoms with Crippen LogP contribution in [-0.4, -0.2) is 44.2 Å². The van der Waals surface area contributed by atoms with Crippen LogP contribution in [0.3, 0.4) is 0 Å². The SMILES string of the molecule is CCCS(=O)(=O)CCNC(CO)CC(C)C. The molecule has 0 spiro atoms. The van der Waals surface area contributed by atoms with Gasteiger partial charge in [-0.15, -0.1) is 0 Å². The molecule has 0 heterocycles. The predicted molar refractivity (Wildman–Crippen MR) is 67.3 cm³/mol. The van der Waals surface area contributed by atoms with Crippen molar-refractivity contribution in [3.8, 4) is 0 Å². The molecule has 5 heteroatoms. The first-order chi connectivity index (χ1) is 7.41. The molecule has 0 aliphatic rings. The van der Waals surface area contributed by atoms with Gasteiger partial charge in [-0.25, -0.2) is 8.42 Å². The van der Waals surface area contributed by atoms with Crippen LogP contribution in [0.15, 0.2) is 0 Å². The van der Waals surface area contributed by atoms with Crippen molar-refractivity contribution in [2.24, 2.45) is 5.92 Å². The summed E-state index contributed by atoms with van der Waals surface area (Å²) in [4.78, 5) is 0. The van der Waals surface area contributed by atoms with Gasteiger partial charge >= 0.3 is 0 Å². The molecule has 0 aliphatic heterocycles. The van der Waals surface area contributed by atoms with Gasteiger partial charge in [-0.3, -0.25) is 0 Å². The highest BCUT2D eigenvalue weighted by Gasteiger charge is 2.12. The lowest BCUT2D eigenvalue weighted by molar-refractivity contribution is 0.226. The van der Waals surface area contributed by atoms with Crippen LogP contribution in [0.4, 0.5) is 0 Å². The molecule has 0 bridgehead atoms. The molecule has 0 aromatic heterocycles. The summed E-state index contributed by atoms with van der Waals surface area (Å²) in [5.74, 6) is 0.912. The highest BCUT2D eigenvalue weighted by atomic mass is 32.2. The molecule has 1 atom stereocenters. The third-order valence-corrected chi connectivity index (χ3v) is 4.19. The Balaban J connectivity index is 3.86. The van der Waals surface area contributed by atoms with Gasteiger partial charge in [-0.1, -0.05) is 20.8 Å². The zero-order valence-corrected chi connectivity index (χ0v) is 11.4. The Morgan fingerprint density at radius 1 is 1.25 bits per heavy atom. The molecule has 2 N–H and O–H groups in total. The number of rotatable bonds is 9. The van der Waals surface area contributed by atoms with E-state index in [-0.39, 0.29) is 24.2 Å². The Bertz CT molecular complexity index is 262. The van der Waals surface area contributed by atoms with Gasteiger partial charge in [-0.2, -0.15) is 0 Å². The van der Waals surface area contributed by atoms with Crippen molar-refractivity contribution in [1.82, 2.24) is 5.32 Å². The van der Waals surface area contributed by atoms with Crippen LogP contribution >= 0.6 is 0 Å². The second kappa shape index (κ2) is 8.03. The second-order valence-electron chi connectivity index (χ2n) is 4.61. The highest BCUT2D eigenvalue weighted by Crippen LogP contribution is 2.04. The third-order valence-electron chi connectivity index (χ3n) is 2.34. The van der Waals surface area contributed by atoms with Crippen LogP contribution < -0.4 is 5.32 Å². The Hall–Kier alpha value is -0.130. The van der Waals surface area contributed by atoms with E-state index in [0.717, 1.165) is 6.42 Å². The number of aliphatic hydroxyl groups is 1. The quantitative estimate of drug-likeness (QED) is 0.636. The van der Waals surface area contributed by atoms with Gasteiger partial charge in [-0.05, 0) is 18.8 Å². The number of aliphatic hydroxyl groups excluding tert-OH is 1. The van der Waals surface area contributed by atoms with Crippen LogP contribution in [0, 0.1) is 5.92 Å². The molecule has 0 amide bonds. The van der Waals surface area contributed by atoms with Crippen molar-refractivity contribution < 1.29 is 13.5 Å². The van der Waals surface area contributed by atoms with Crippen LogP contribution in [0.5, 0.6) is 0 Å². The maximum absolute atomic E-state index is 11.4. The number of sulfone groups is 1. The van der Waals surface area contributed by atoms with Crippen molar-refractivity contribution in [2.45, 2.75) is 39.7 Å². The van der Waals surface area contributed by atoms with E-state index in [0.29, 0.717) is 18.9 Å². The summed E-state index contributed by atoms with van der Waals surface area (Å²) in [6, 6.07) is 0.0110. The van der Waals surface area contributed by atoms with E-state index < -0.39 is 9.84 Å². The molecule has 1 unspecified atom stereocenters. The van der Waals surface area contributed by atoms with E-state index in [1.54, 1.807) is 0 Å². The first kappa shape index (κ1) is 15.9. The lowest BCUT2D eigenvalue weighted by Gasteiger charge is -2.18. The molecule has 0 fully saturated rings. The summed E-state index contributed by atoms with van der Waals surface area (Å²) in [7, 11) is -2.91. The van der Waals surface area contributed by atoms with E-state index in [4.69, 9.17) is 5.11 Å². The van der Waals surface area contributed by atoms with Crippen molar-refractivity contribution >= 4 is 9.84 Å². The molecule has 98 valence electrons. The first-order valence-electron chi connectivity index (χ1n) is 5.96. The van der Waals surface area contributed by atoms with Gasteiger partial charge < -0.3 is 10.4 Å². The van der Waals surface area contributed by atoms with Gasteiger partial charge in [0.05, 0.1) is 12.4 Å². The van der Waals surface area contributed by atoms with Crippen molar-refractivity contribution in [1.29, 1.82) is 0 Å². The zero-order chi connectivity index (χ0) is 12.6. The molecule has 16 heavy (non-hydrogen) atoms. The minimum Gasteiger partial charge on any atom is -0.395 e. The Kier molecular flexibility index (Phi) is 7.97. The Morgan fingerprint density at radius 2 is 1.88 bits per heavy atom. The molecular formula is C11H25NO3S. The first-order valence-corrected chi connectivity index (χ1v) is 7.78. The van der Waals surface area contributed by atoms with E-state index in [1.807, 2.05) is 6.92 Å². The molecule has 0 saturated carbocycles. The zero-order valence-electron chi connectivity index (χ0n) is 10.6. The number of hydrogen-bond acceptors (Lipinski definition) is 4. The van der Waals surface area contributed by atoms with Crippen LogP contribution in [-0.2, 0) is 9.84 Å². The lowest BCUT2D eigenvalue weighted by atomic mass is 10.0. The van der Waals surface area contributed by atoms with Gasteiger partial charge in [0.25, 0.3) is 0 Å². The molecule has 0 aliphatic carbocycles. The van der Waals surface area contributed by atoms with E-state index in [1.165, 1.54) is 0 Å². The molecule has 0 rings (SSSR count). The standard InChI is InChI=1S/C11H25NO3S/c1-4-6-16(14,15)7-5-12-11(9-13)8-10(2)3/h10-13H,4-9H2,1-3H3. The summed E-state index contributed by atoms with van der Waals surface area (Å²) in [6.45, 7) is 6.52. The normalized spacial score (nSPS) is 14.3. The summed E-state index contributed by atoms with van der Waals surface area (Å²) < 4.78 is 22.8. The van der Waals surface area contributed by atoms with Crippen molar-refractivity contribution in [2.75, 3.05) is 24.7 Å². The molecule has 0 saturated heterocycles. The summed E-state index contributed by atoms with van der Waals surface area (Å²) in [6.07, 6.45) is 1.53. The Morgan fingerprint density at radius 3 is 2.31 bits per heavy atom. The third kappa shape index (κ3) is 8.07. The summed E-state index contributed by atoms with van der Waals surface area (Å²) in [5, 5.41) is 12.2. The van der Waals surface area contributed by atoms with Gasteiger partial charge in [0.15, 0.2) is 9.84 Å². The topological polar surface area (TPSA) is 66.4 Å². The fourth-order valence-electron chi connectivity index (χ4n) is 1.62. The smallest absolute Gasteiger partial charge is 0.151 e. The van der Waals surface area contributed by atoms with Crippen LogP contribution in [0.2, 0.25) is 0 Å². The van der Waals surface area contributed by atoms with E-state index in [2.05, 4.69) is 19.2 Å². The lowest BCUT2D eigenvalue weighted by Crippen LogP contribution is -2.37. The molecule has 4 nitrogen and oxygen atoms in total. The molecule has 0 aromatic carbocycles. The van der Waals surface area contributed by atoms with Gasteiger partial charge in [0.2, 0.25) is 0 Å².